The lowest BCUT2D eigenvalue weighted by molar-refractivity contribution is -0.129. The van der Waals surface area contributed by atoms with E-state index in [2.05, 4.69) is 5.32 Å². The first-order valence-corrected chi connectivity index (χ1v) is 8.94. The second-order valence-corrected chi connectivity index (χ2v) is 7.14. The lowest BCUT2D eigenvalue weighted by Crippen LogP contribution is -2.37. The summed E-state index contributed by atoms with van der Waals surface area (Å²) >= 11 is 0. The molecule has 0 aliphatic carbocycles. The van der Waals surface area contributed by atoms with Gasteiger partial charge in [-0.2, -0.15) is 0 Å². The quantitative estimate of drug-likeness (QED) is 0.924. The van der Waals surface area contributed by atoms with Crippen LogP contribution in [0.4, 0.5) is 5.69 Å². The molecule has 2 aliphatic rings. The molecular weight excluding hydrogens is 302 g/mol. The molecule has 130 valence electrons. The van der Waals surface area contributed by atoms with Crippen LogP contribution in [0.25, 0.3) is 0 Å². The number of anilines is 1. The van der Waals surface area contributed by atoms with Crippen LogP contribution in [0.15, 0.2) is 18.2 Å². The predicted molar refractivity (Wildman–Crippen MR) is 95.2 cm³/mol. The SMILES string of the molecule is Cc1cc(C(=O)N2CCCC2)ccc1NC1CCN(C(C)C)C1=O. The minimum atomic E-state index is -0.161. The van der Waals surface area contributed by atoms with Crippen molar-refractivity contribution in [2.75, 3.05) is 25.0 Å². The van der Waals surface area contributed by atoms with Crippen molar-refractivity contribution in [3.63, 3.8) is 0 Å². The Labute approximate surface area is 144 Å². The van der Waals surface area contributed by atoms with E-state index in [4.69, 9.17) is 0 Å². The number of carbonyl (C=O) groups excluding carboxylic acids is 2. The molecule has 0 saturated carbocycles. The molecule has 2 fully saturated rings. The minimum absolute atomic E-state index is 0.116. The van der Waals surface area contributed by atoms with Gasteiger partial charge in [-0.3, -0.25) is 9.59 Å². The fourth-order valence-electron chi connectivity index (χ4n) is 3.60. The molecule has 2 amide bonds. The molecule has 0 radical (unpaired) electrons. The second kappa shape index (κ2) is 6.83. The normalized spacial score (nSPS) is 21.0. The van der Waals surface area contributed by atoms with Crippen molar-refractivity contribution >= 4 is 17.5 Å². The largest absolute Gasteiger partial charge is 0.373 e. The van der Waals surface area contributed by atoms with Crippen LogP contribution in [0.2, 0.25) is 0 Å². The Morgan fingerprint density at radius 3 is 2.50 bits per heavy atom. The molecule has 5 heteroatoms. The van der Waals surface area contributed by atoms with E-state index in [1.165, 1.54) is 0 Å². The maximum absolute atomic E-state index is 12.5. The summed E-state index contributed by atoms with van der Waals surface area (Å²) in [5.41, 5.74) is 2.69. The number of aryl methyl sites for hydroxylation is 1. The molecular formula is C19H27N3O2. The van der Waals surface area contributed by atoms with Gasteiger partial charge in [0.15, 0.2) is 0 Å². The van der Waals surface area contributed by atoms with Gasteiger partial charge in [0.1, 0.15) is 6.04 Å². The van der Waals surface area contributed by atoms with Crippen molar-refractivity contribution in [2.24, 2.45) is 0 Å². The second-order valence-electron chi connectivity index (χ2n) is 7.14. The van der Waals surface area contributed by atoms with E-state index >= 15 is 0 Å². The molecule has 0 bridgehead atoms. The minimum Gasteiger partial charge on any atom is -0.373 e. The molecule has 2 heterocycles. The third kappa shape index (κ3) is 3.25. The average molecular weight is 329 g/mol. The van der Waals surface area contributed by atoms with E-state index in [0.717, 1.165) is 55.7 Å². The number of benzene rings is 1. The highest BCUT2D eigenvalue weighted by Crippen LogP contribution is 2.23. The van der Waals surface area contributed by atoms with Crippen LogP contribution in [0.3, 0.4) is 0 Å². The lowest BCUT2D eigenvalue weighted by Gasteiger charge is -2.22. The summed E-state index contributed by atoms with van der Waals surface area (Å²) in [5, 5.41) is 3.36. The van der Waals surface area contributed by atoms with Gasteiger partial charge in [-0.25, -0.2) is 0 Å². The van der Waals surface area contributed by atoms with E-state index in [0.29, 0.717) is 0 Å². The first kappa shape index (κ1) is 16.8. The highest BCUT2D eigenvalue weighted by Gasteiger charge is 2.33. The Balaban J connectivity index is 1.69. The molecule has 2 aliphatic heterocycles. The van der Waals surface area contributed by atoms with Gasteiger partial charge in [0, 0.05) is 36.9 Å². The third-order valence-corrected chi connectivity index (χ3v) is 5.06. The number of hydrogen-bond acceptors (Lipinski definition) is 3. The van der Waals surface area contributed by atoms with Gasteiger partial charge in [-0.05, 0) is 63.8 Å². The van der Waals surface area contributed by atoms with Gasteiger partial charge in [0.25, 0.3) is 5.91 Å². The topological polar surface area (TPSA) is 52.7 Å². The van der Waals surface area contributed by atoms with Gasteiger partial charge in [0.05, 0.1) is 0 Å². The lowest BCUT2D eigenvalue weighted by atomic mass is 10.1. The Morgan fingerprint density at radius 1 is 1.21 bits per heavy atom. The van der Waals surface area contributed by atoms with Gasteiger partial charge in [0.2, 0.25) is 5.91 Å². The fraction of sp³-hybridized carbons (Fsp3) is 0.579. The van der Waals surface area contributed by atoms with Gasteiger partial charge in [-0.1, -0.05) is 0 Å². The van der Waals surface area contributed by atoms with Crippen molar-refractivity contribution in [3.8, 4) is 0 Å². The van der Waals surface area contributed by atoms with Crippen LogP contribution in [0.5, 0.6) is 0 Å². The molecule has 1 atom stereocenters. The van der Waals surface area contributed by atoms with Gasteiger partial charge in [-0.15, -0.1) is 0 Å². The van der Waals surface area contributed by atoms with Crippen molar-refractivity contribution in [2.45, 2.75) is 52.1 Å². The number of likely N-dealkylation sites (tertiary alicyclic amines) is 2. The zero-order valence-electron chi connectivity index (χ0n) is 14.8. The Hall–Kier alpha value is -2.04. The summed E-state index contributed by atoms with van der Waals surface area (Å²) in [4.78, 5) is 28.7. The summed E-state index contributed by atoms with van der Waals surface area (Å²) < 4.78 is 0. The molecule has 0 aromatic heterocycles. The summed E-state index contributed by atoms with van der Waals surface area (Å²) in [7, 11) is 0. The number of hydrogen-bond donors (Lipinski definition) is 1. The standard InChI is InChI=1S/C19H27N3O2/c1-13(2)22-11-8-17(19(22)24)20-16-7-6-15(12-14(16)3)18(23)21-9-4-5-10-21/h6-7,12-13,17,20H,4-5,8-11H2,1-3H3. The summed E-state index contributed by atoms with van der Waals surface area (Å²) in [6.07, 6.45) is 3.02. The van der Waals surface area contributed by atoms with Crippen LogP contribution < -0.4 is 5.32 Å². The van der Waals surface area contributed by atoms with Gasteiger partial charge < -0.3 is 15.1 Å². The number of carbonyl (C=O) groups is 2. The highest BCUT2D eigenvalue weighted by molar-refractivity contribution is 5.95. The molecule has 0 spiro atoms. The van der Waals surface area contributed by atoms with Crippen molar-refractivity contribution < 1.29 is 9.59 Å². The molecule has 1 N–H and O–H groups in total. The average Bonchev–Trinajstić information content (AvgIpc) is 3.19. The van der Waals surface area contributed by atoms with E-state index < -0.39 is 0 Å². The number of nitrogens with zero attached hydrogens (tertiary/aromatic N) is 2. The van der Waals surface area contributed by atoms with E-state index in [9.17, 15) is 9.59 Å². The Kier molecular flexibility index (Phi) is 4.78. The Morgan fingerprint density at radius 2 is 1.92 bits per heavy atom. The molecule has 1 unspecified atom stereocenters. The smallest absolute Gasteiger partial charge is 0.253 e. The number of amides is 2. The first-order chi connectivity index (χ1) is 11.5. The van der Waals surface area contributed by atoms with Crippen LogP contribution in [-0.2, 0) is 4.79 Å². The molecule has 2 saturated heterocycles. The third-order valence-electron chi connectivity index (χ3n) is 5.06. The maximum atomic E-state index is 12.5. The molecule has 3 rings (SSSR count). The molecule has 24 heavy (non-hydrogen) atoms. The molecule has 1 aromatic carbocycles. The van der Waals surface area contributed by atoms with Crippen LogP contribution in [-0.4, -0.2) is 53.3 Å². The number of nitrogens with one attached hydrogen (secondary N) is 1. The van der Waals surface area contributed by atoms with E-state index in [1.807, 2.05) is 48.8 Å². The summed E-state index contributed by atoms with van der Waals surface area (Å²) in [5.74, 6) is 0.284. The maximum Gasteiger partial charge on any atom is 0.253 e. The summed E-state index contributed by atoms with van der Waals surface area (Å²) in [6, 6.07) is 5.82. The van der Waals surface area contributed by atoms with Gasteiger partial charge >= 0.3 is 0 Å². The van der Waals surface area contributed by atoms with Crippen LogP contribution in [0, 0.1) is 6.92 Å². The fourth-order valence-corrected chi connectivity index (χ4v) is 3.60. The van der Waals surface area contributed by atoms with Crippen molar-refractivity contribution in [3.05, 3.63) is 29.3 Å². The van der Waals surface area contributed by atoms with E-state index in [1.54, 1.807) is 0 Å². The highest BCUT2D eigenvalue weighted by atomic mass is 16.2. The number of rotatable bonds is 4. The van der Waals surface area contributed by atoms with Crippen molar-refractivity contribution in [1.82, 2.24) is 9.80 Å². The van der Waals surface area contributed by atoms with Crippen LogP contribution >= 0.6 is 0 Å². The zero-order chi connectivity index (χ0) is 17.3. The zero-order valence-corrected chi connectivity index (χ0v) is 14.8. The summed E-state index contributed by atoms with van der Waals surface area (Å²) in [6.45, 7) is 8.61. The molecule has 1 aromatic rings. The van der Waals surface area contributed by atoms with Crippen molar-refractivity contribution in [1.29, 1.82) is 0 Å². The Bertz CT molecular complexity index is 635. The first-order valence-electron chi connectivity index (χ1n) is 8.94. The monoisotopic (exact) mass is 329 g/mol. The van der Waals surface area contributed by atoms with Crippen LogP contribution in [0.1, 0.15) is 49.0 Å². The molecule has 5 nitrogen and oxygen atoms in total. The predicted octanol–water partition coefficient (Wildman–Crippen LogP) is 2.65. The van der Waals surface area contributed by atoms with E-state index in [-0.39, 0.29) is 23.9 Å².